The summed E-state index contributed by atoms with van der Waals surface area (Å²) in [6.45, 7) is 8.95. The minimum absolute atomic E-state index is 0.322. The van der Waals surface area contributed by atoms with Gasteiger partial charge in [-0.15, -0.1) is 0 Å². The Morgan fingerprint density at radius 2 is 1.42 bits per heavy atom. The van der Waals surface area contributed by atoms with E-state index in [4.69, 9.17) is 9.47 Å². The minimum Gasteiger partial charge on any atom is -0.465 e. The van der Waals surface area contributed by atoms with Crippen molar-refractivity contribution in [3.05, 3.63) is 0 Å². The molecule has 0 aromatic carbocycles. The maximum absolute atomic E-state index is 13.0. The minimum atomic E-state index is -1.05. The van der Waals surface area contributed by atoms with Gasteiger partial charge in [-0.25, -0.2) is 0 Å². The molecule has 4 fully saturated rings. The average Bonchev–Trinajstić information content (AvgIpc) is 3.48. The van der Waals surface area contributed by atoms with Crippen molar-refractivity contribution in [2.24, 2.45) is 39.9 Å². The topological polar surface area (TPSA) is 52.6 Å². The molecule has 4 aliphatic carbocycles. The Kier molecular flexibility index (Phi) is 4.20. The fourth-order valence-corrected chi connectivity index (χ4v) is 7.21. The van der Waals surface area contributed by atoms with Crippen LogP contribution in [0.3, 0.4) is 0 Å². The quantitative estimate of drug-likeness (QED) is 0.520. The SMILES string of the molecule is CCOC(=O)C1(C(=O)OCC)C[C@H]2C[C@H]2C23CC(CC)(CC)C[C@H]2[C@@H]3C1. The summed E-state index contributed by atoms with van der Waals surface area (Å²) in [6.07, 6.45) is 7.61. The highest BCUT2D eigenvalue weighted by Gasteiger charge is 2.81. The summed E-state index contributed by atoms with van der Waals surface area (Å²) in [5, 5.41) is 0. The van der Waals surface area contributed by atoms with Crippen molar-refractivity contribution in [1.29, 1.82) is 0 Å². The van der Waals surface area contributed by atoms with E-state index in [9.17, 15) is 9.59 Å². The van der Waals surface area contributed by atoms with Gasteiger partial charge in [-0.05, 0) is 80.5 Å². The molecule has 0 radical (unpaired) electrons. The predicted molar refractivity (Wildman–Crippen MR) is 98.2 cm³/mol. The van der Waals surface area contributed by atoms with Crippen LogP contribution in [0.15, 0.2) is 0 Å². The Balaban J connectivity index is 1.64. The van der Waals surface area contributed by atoms with Crippen LogP contribution in [-0.4, -0.2) is 25.2 Å². The van der Waals surface area contributed by atoms with Crippen LogP contribution in [0.4, 0.5) is 0 Å². The Morgan fingerprint density at radius 3 is 1.96 bits per heavy atom. The molecule has 0 aromatic heterocycles. The molecule has 4 rings (SSSR count). The van der Waals surface area contributed by atoms with Crippen LogP contribution in [0.5, 0.6) is 0 Å². The highest BCUT2D eigenvalue weighted by Crippen LogP contribution is 2.85. The molecule has 4 nitrogen and oxygen atoms in total. The maximum Gasteiger partial charge on any atom is 0.323 e. The van der Waals surface area contributed by atoms with Crippen molar-refractivity contribution in [3.8, 4) is 0 Å². The van der Waals surface area contributed by atoms with Crippen LogP contribution in [0.2, 0.25) is 0 Å². The van der Waals surface area contributed by atoms with Crippen LogP contribution in [0.25, 0.3) is 0 Å². The van der Waals surface area contributed by atoms with Gasteiger partial charge in [0.15, 0.2) is 5.41 Å². The number of hydrogen-bond donors (Lipinski definition) is 0. The van der Waals surface area contributed by atoms with Crippen molar-refractivity contribution in [3.63, 3.8) is 0 Å². The van der Waals surface area contributed by atoms with E-state index >= 15 is 0 Å². The van der Waals surface area contributed by atoms with Gasteiger partial charge in [0.05, 0.1) is 13.2 Å². The van der Waals surface area contributed by atoms with E-state index in [0.29, 0.717) is 54.6 Å². The third-order valence-electron chi connectivity index (χ3n) is 8.72. The highest BCUT2D eigenvalue weighted by molar-refractivity contribution is 6.00. The second-order valence-corrected chi connectivity index (χ2v) is 9.45. The van der Waals surface area contributed by atoms with Gasteiger partial charge in [-0.3, -0.25) is 9.59 Å². The zero-order valence-corrected chi connectivity index (χ0v) is 16.8. The summed E-state index contributed by atoms with van der Waals surface area (Å²) in [5.41, 5.74) is -0.141. The number of fused-ring (bicyclic) bond motifs is 2. The van der Waals surface area contributed by atoms with E-state index < -0.39 is 5.41 Å². The fourth-order valence-electron chi connectivity index (χ4n) is 7.21. The Morgan fingerprint density at radius 1 is 0.846 bits per heavy atom. The first-order valence-corrected chi connectivity index (χ1v) is 10.8. The lowest BCUT2D eigenvalue weighted by Gasteiger charge is -2.33. The fraction of sp³-hybridized carbons (Fsp3) is 0.909. The van der Waals surface area contributed by atoms with Gasteiger partial charge in [0, 0.05) is 0 Å². The molecule has 0 bridgehead atoms. The summed E-state index contributed by atoms with van der Waals surface area (Å²) in [7, 11) is 0. The van der Waals surface area contributed by atoms with Crippen molar-refractivity contribution < 1.29 is 19.1 Å². The smallest absolute Gasteiger partial charge is 0.323 e. The van der Waals surface area contributed by atoms with Crippen LogP contribution < -0.4 is 0 Å². The molecule has 1 spiro atoms. The largest absolute Gasteiger partial charge is 0.465 e. The van der Waals surface area contributed by atoms with Crippen molar-refractivity contribution >= 4 is 11.9 Å². The second kappa shape index (κ2) is 5.97. The summed E-state index contributed by atoms with van der Waals surface area (Å²) in [4.78, 5) is 25.9. The standard InChI is InChI=1S/C22H34O4/c1-5-20(6-2)11-16-17-12-21(18(23)25-7-3,19(24)26-8-4)10-14-9-15(14)22(16,17)13-20/h14-17H,5-13H2,1-4H3/t14-,15-,16+,17+,22?/m1/s1. The zero-order valence-electron chi connectivity index (χ0n) is 16.8. The zero-order chi connectivity index (χ0) is 18.7. The third-order valence-corrected chi connectivity index (χ3v) is 8.72. The molecule has 146 valence electrons. The van der Waals surface area contributed by atoms with E-state index in [2.05, 4.69) is 13.8 Å². The number of carbonyl (C=O) groups is 2. The number of rotatable bonds is 6. The van der Waals surface area contributed by atoms with E-state index in [0.717, 1.165) is 5.92 Å². The molecule has 4 aliphatic rings. The first-order valence-electron chi connectivity index (χ1n) is 10.8. The molecular weight excluding hydrogens is 328 g/mol. The van der Waals surface area contributed by atoms with Crippen molar-refractivity contribution in [1.82, 2.24) is 0 Å². The lowest BCUT2D eigenvalue weighted by atomic mass is 9.71. The van der Waals surface area contributed by atoms with Gasteiger partial charge in [0.2, 0.25) is 0 Å². The normalized spacial score (nSPS) is 40.5. The molecule has 0 saturated heterocycles. The lowest BCUT2D eigenvalue weighted by Crippen LogP contribution is -2.43. The van der Waals surface area contributed by atoms with Gasteiger partial charge < -0.3 is 9.47 Å². The van der Waals surface area contributed by atoms with Gasteiger partial charge in [-0.2, -0.15) is 0 Å². The molecular formula is C22H34O4. The molecule has 0 amide bonds. The molecule has 1 unspecified atom stereocenters. The molecule has 5 atom stereocenters. The monoisotopic (exact) mass is 362 g/mol. The van der Waals surface area contributed by atoms with Gasteiger partial charge >= 0.3 is 11.9 Å². The molecule has 26 heavy (non-hydrogen) atoms. The van der Waals surface area contributed by atoms with Crippen molar-refractivity contribution in [2.75, 3.05) is 13.2 Å². The molecule has 0 aliphatic heterocycles. The second-order valence-electron chi connectivity index (χ2n) is 9.45. The maximum atomic E-state index is 13.0. The summed E-state index contributed by atoms with van der Waals surface area (Å²) in [5.74, 6) is 1.79. The summed E-state index contributed by atoms with van der Waals surface area (Å²) < 4.78 is 10.8. The Hall–Kier alpha value is -1.06. The molecule has 0 N–H and O–H groups in total. The van der Waals surface area contributed by atoms with Gasteiger partial charge in [0.25, 0.3) is 0 Å². The number of hydrogen-bond acceptors (Lipinski definition) is 4. The van der Waals surface area contributed by atoms with Gasteiger partial charge in [0.1, 0.15) is 0 Å². The van der Waals surface area contributed by atoms with Gasteiger partial charge in [-0.1, -0.05) is 26.7 Å². The summed E-state index contributed by atoms with van der Waals surface area (Å²) >= 11 is 0. The first-order chi connectivity index (χ1) is 12.4. The molecule has 0 heterocycles. The van der Waals surface area contributed by atoms with Crippen LogP contribution in [-0.2, 0) is 19.1 Å². The van der Waals surface area contributed by atoms with Crippen molar-refractivity contribution in [2.45, 2.75) is 72.6 Å². The van der Waals surface area contributed by atoms with Crippen LogP contribution in [0.1, 0.15) is 72.6 Å². The highest BCUT2D eigenvalue weighted by atomic mass is 16.6. The van der Waals surface area contributed by atoms with E-state index in [1.807, 2.05) is 13.8 Å². The van der Waals surface area contributed by atoms with Crippen LogP contribution >= 0.6 is 0 Å². The van der Waals surface area contributed by atoms with E-state index in [1.54, 1.807) is 0 Å². The number of ether oxygens (including phenoxy) is 2. The molecule has 0 aromatic rings. The number of carbonyl (C=O) groups excluding carboxylic acids is 2. The predicted octanol–water partition coefficient (Wildman–Crippen LogP) is 4.36. The Bertz CT molecular complexity index is 589. The molecule has 4 heteroatoms. The Labute approximate surface area is 157 Å². The lowest BCUT2D eigenvalue weighted by molar-refractivity contribution is -0.174. The van der Waals surface area contributed by atoms with E-state index in [1.165, 1.54) is 32.1 Å². The molecule has 4 saturated carbocycles. The number of esters is 2. The average molecular weight is 363 g/mol. The third kappa shape index (κ3) is 2.26. The summed E-state index contributed by atoms with van der Waals surface area (Å²) in [6, 6.07) is 0. The first kappa shape index (κ1) is 18.3. The van der Waals surface area contributed by atoms with E-state index in [-0.39, 0.29) is 11.9 Å². The van der Waals surface area contributed by atoms with Crippen LogP contribution in [0, 0.1) is 39.9 Å².